The van der Waals surface area contributed by atoms with E-state index in [2.05, 4.69) is 23.1 Å². The Balaban J connectivity index is 1.47. The predicted molar refractivity (Wildman–Crippen MR) is 97.7 cm³/mol. The Bertz CT molecular complexity index is 943. The van der Waals surface area contributed by atoms with E-state index in [-0.39, 0.29) is 5.56 Å². The van der Waals surface area contributed by atoms with Crippen LogP contribution < -0.4 is 0 Å². The number of fused-ring (bicyclic) bond motifs is 1. The zero-order chi connectivity index (χ0) is 18.1. The van der Waals surface area contributed by atoms with E-state index in [1.165, 1.54) is 12.8 Å². The van der Waals surface area contributed by atoms with Crippen LogP contribution >= 0.6 is 0 Å². The van der Waals surface area contributed by atoms with Crippen molar-refractivity contribution in [2.24, 2.45) is 5.41 Å². The van der Waals surface area contributed by atoms with Crippen molar-refractivity contribution in [3.05, 3.63) is 53.9 Å². The number of ether oxygens (including phenoxy) is 1. The molecule has 1 aliphatic carbocycles. The number of benzene rings is 1. The molecule has 26 heavy (non-hydrogen) atoms. The maximum Gasteiger partial charge on any atom is 0.335 e. The molecule has 4 rings (SSSR count). The van der Waals surface area contributed by atoms with Gasteiger partial charge in [0.25, 0.3) is 0 Å². The molecule has 0 atom stereocenters. The van der Waals surface area contributed by atoms with Crippen molar-refractivity contribution in [1.82, 2.24) is 14.8 Å². The molecule has 0 radical (unpaired) electrons. The maximum absolute atomic E-state index is 11.0. The minimum Gasteiger partial charge on any atom is -0.478 e. The van der Waals surface area contributed by atoms with Crippen LogP contribution in [0.15, 0.2) is 42.7 Å². The zero-order valence-corrected chi connectivity index (χ0v) is 14.7. The number of aromatic nitrogens is 3. The molecular weight excluding hydrogens is 330 g/mol. The molecule has 0 spiro atoms. The Kier molecular flexibility index (Phi) is 4.20. The van der Waals surface area contributed by atoms with Crippen LogP contribution in [0.3, 0.4) is 0 Å². The molecule has 0 unspecified atom stereocenters. The molecule has 0 saturated heterocycles. The number of pyridine rings is 1. The molecule has 1 aliphatic rings. The molecule has 2 heterocycles. The van der Waals surface area contributed by atoms with E-state index in [0.717, 1.165) is 35.3 Å². The first kappa shape index (κ1) is 16.7. The predicted octanol–water partition coefficient (Wildman–Crippen LogP) is 3.48. The molecule has 6 heteroatoms. The summed E-state index contributed by atoms with van der Waals surface area (Å²) in [5.41, 5.74) is 3.33. The second-order valence-electron chi connectivity index (χ2n) is 7.28. The van der Waals surface area contributed by atoms with Crippen LogP contribution in [0.25, 0.3) is 16.7 Å². The van der Waals surface area contributed by atoms with Gasteiger partial charge in [-0.1, -0.05) is 6.92 Å². The monoisotopic (exact) mass is 351 g/mol. The van der Waals surface area contributed by atoms with E-state index >= 15 is 0 Å². The van der Waals surface area contributed by atoms with Crippen molar-refractivity contribution in [1.29, 1.82) is 0 Å². The molecule has 134 valence electrons. The number of carboxylic acids is 1. The average molecular weight is 351 g/mol. The molecule has 1 N–H and O–H groups in total. The van der Waals surface area contributed by atoms with Crippen LogP contribution in [-0.2, 0) is 11.2 Å². The summed E-state index contributed by atoms with van der Waals surface area (Å²) in [5, 5.41) is 14.4. The summed E-state index contributed by atoms with van der Waals surface area (Å²) < 4.78 is 7.50. The van der Waals surface area contributed by atoms with Crippen LogP contribution in [-0.4, -0.2) is 39.1 Å². The molecule has 1 saturated carbocycles. The van der Waals surface area contributed by atoms with Gasteiger partial charge in [-0.05, 0) is 60.6 Å². The second-order valence-corrected chi connectivity index (χ2v) is 7.28. The summed E-state index contributed by atoms with van der Waals surface area (Å²) in [7, 11) is 0. The fraction of sp³-hybridized carbons (Fsp3) is 0.350. The van der Waals surface area contributed by atoms with Crippen molar-refractivity contribution in [2.75, 3.05) is 13.2 Å². The molecule has 1 aromatic carbocycles. The molecule has 0 bridgehead atoms. The van der Waals surface area contributed by atoms with Crippen molar-refractivity contribution in [2.45, 2.75) is 26.2 Å². The highest BCUT2D eigenvalue weighted by Gasteiger charge is 2.37. The smallest absolute Gasteiger partial charge is 0.335 e. The lowest BCUT2D eigenvalue weighted by atomic mass is 10.1. The first-order valence-corrected chi connectivity index (χ1v) is 8.78. The Morgan fingerprint density at radius 2 is 2.04 bits per heavy atom. The lowest BCUT2D eigenvalue weighted by molar-refractivity contribution is 0.0697. The van der Waals surface area contributed by atoms with Gasteiger partial charge in [-0.15, -0.1) is 0 Å². The lowest BCUT2D eigenvalue weighted by Crippen LogP contribution is -2.08. The van der Waals surface area contributed by atoms with Crippen molar-refractivity contribution < 1.29 is 14.6 Å². The Morgan fingerprint density at radius 3 is 2.73 bits per heavy atom. The van der Waals surface area contributed by atoms with Gasteiger partial charge < -0.3 is 9.84 Å². The third-order valence-electron chi connectivity index (χ3n) is 4.91. The topological polar surface area (TPSA) is 77.2 Å². The van der Waals surface area contributed by atoms with Crippen LogP contribution in [0.4, 0.5) is 0 Å². The van der Waals surface area contributed by atoms with Gasteiger partial charge in [0.2, 0.25) is 0 Å². The fourth-order valence-electron chi connectivity index (χ4n) is 2.90. The Morgan fingerprint density at radius 1 is 1.27 bits per heavy atom. The molecule has 3 aromatic rings. The van der Waals surface area contributed by atoms with Gasteiger partial charge in [-0.3, -0.25) is 0 Å². The van der Waals surface area contributed by atoms with Gasteiger partial charge in [-0.25, -0.2) is 14.5 Å². The van der Waals surface area contributed by atoms with E-state index in [0.29, 0.717) is 12.0 Å². The zero-order valence-electron chi connectivity index (χ0n) is 14.7. The molecule has 2 aromatic heterocycles. The summed E-state index contributed by atoms with van der Waals surface area (Å²) in [5.74, 6) is -0.942. The quantitative estimate of drug-likeness (QED) is 0.660. The lowest BCUT2D eigenvalue weighted by Gasteiger charge is -2.09. The van der Waals surface area contributed by atoms with Gasteiger partial charge in [0.05, 0.1) is 30.7 Å². The number of aromatic carboxylic acids is 1. The van der Waals surface area contributed by atoms with Crippen LogP contribution in [0.2, 0.25) is 0 Å². The van der Waals surface area contributed by atoms with Gasteiger partial charge in [0, 0.05) is 11.6 Å². The third kappa shape index (κ3) is 3.46. The fourth-order valence-corrected chi connectivity index (χ4v) is 2.90. The average Bonchev–Trinajstić information content (AvgIpc) is 3.23. The Labute approximate surface area is 151 Å². The minimum absolute atomic E-state index is 0.250. The number of hydrogen-bond acceptors (Lipinski definition) is 4. The van der Waals surface area contributed by atoms with Gasteiger partial charge in [0.15, 0.2) is 5.65 Å². The highest BCUT2D eigenvalue weighted by Crippen LogP contribution is 2.44. The van der Waals surface area contributed by atoms with Crippen molar-refractivity contribution in [3.63, 3.8) is 0 Å². The van der Waals surface area contributed by atoms with Crippen LogP contribution in [0.5, 0.6) is 0 Å². The summed E-state index contributed by atoms with van der Waals surface area (Å²) in [6.07, 6.45) is 7.01. The van der Waals surface area contributed by atoms with Gasteiger partial charge >= 0.3 is 5.97 Å². The first-order chi connectivity index (χ1) is 12.5. The summed E-state index contributed by atoms with van der Waals surface area (Å²) >= 11 is 0. The van der Waals surface area contributed by atoms with Crippen molar-refractivity contribution >= 4 is 17.0 Å². The van der Waals surface area contributed by atoms with Crippen LogP contribution in [0.1, 0.15) is 35.7 Å². The summed E-state index contributed by atoms with van der Waals surface area (Å²) in [6.45, 7) is 3.80. The molecule has 6 nitrogen and oxygen atoms in total. The third-order valence-corrected chi connectivity index (χ3v) is 4.91. The molecular formula is C20H21N3O3. The number of carboxylic acid groups (broad SMARTS) is 1. The van der Waals surface area contributed by atoms with Crippen LogP contribution in [0, 0.1) is 5.41 Å². The molecule has 1 fully saturated rings. The van der Waals surface area contributed by atoms with Crippen molar-refractivity contribution in [3.8, 4) is 5.69 Å². The number of rotatable bonds is 7. The summed E-state index contributed by atoms with van der Waals surface area (Å²) in [4.78, 5) is 15.5. The van der Waals surface area contributed by atoms with E-state index in [9.17, 15) is 4.79 Å². The molecule has 0 aliphatic heterocycles. The number of hydrogen-bond donors (Lipinski definition) is 1. The van der Waals surface area contributed by atoms with E-state index in [4.69, 9.17) is 9.84 Å². The minimum atomic E-state index is -0.942. The molecule has 0 amide bonds. The SMILES string of the molecule is CC1(COCCc2cnc3c(cnn3-c3ccc(C(=O)O)cc3)c2)CC1. The first-order valence-electron chi connectivity index (χ1n) is 8.78. The largest absolute Gasteiger partial charge is 0.478 e. The van der Waals surface area contributed by atoms with E-state index in [1.54, 1.807) is 35.1 Å². The number of carbonyl (C=O) groups is 1. The van der Waals surface area contributed by atoms with E-state index < -0.39 is 5.97 Å². The standard InChI is InChI=1S/C20H21N3O3/c1-20(7-8-20)13-26-9-6-14-10-16-12-22-23(18(16)21-11-14)17-4-2-15(3-5-17)19(24)25/h2-5,10-12H,6-9,13H2,1H3,(H,24,25). The highest BCUT2D eigenvalue weighted by atomic mass is 16.5. The Hall–Kier alpha value is -2.73. The maximum atomic E-state index is 11.0. The second kappa shape index (κ2) is 6.53. The van der Waals surface area contributed by atoms with Gasteiger partial charge in [0.1, 0.15) is 0 Å². The van der Waals surface area contributed by atoms with E-state index in [1.807, 2.05) is 6.20 Å². The summed E-state index contributed by atoms with van der Waals surface area (Å²) in [6, 6.07) is 8.68. The van der Waals surface area contributed by atoms with Gasteiger partial charge in [-0.2, -0.15) is 5.10 Å². The normalized spacial score (nSPS) is 15.3. The number of nitrogens with zero attached hydrogens (tertiary/aromatic N) is 3. The highest BCUT2D eigenvalue weighted by molar-refractivity contribution is 5.87.